The number of carbonyl (C=O) groups excluding carboxylic acids is 2. The highest BCUT2D eigenvalue weighted by Gasteiger charge is 2.32. The number of piperazine rings is 1. The van der Waals surface area contributed by atoms with Gasteiger partial charge in [-0.1, -0.05) is 60.2 Å². The van der Waals surface area contributed by atoms with Crippen molar-refractivity contribution < 1.29 is 14.3 Å². The fourth-order valence-corrected chi connectivity index (χ4v) is 3.15. The quantitative estimate of drug-likeness (QED) is 0.831. The molecular weight excluding hydrogens is 328 g/mol. The molecule has 26 heavy (non-hydrogen) atoms. The highest BCUT2D eigenvalue weighted by molar-refractivity contribution is 5.88. The summed E-state index contributed by atoms with van der Waals surface area (Å²) in [5.74, 6) is -0.199. The molecule has 1 atom stereocenters. The standard InChI is InChI=1S/C21H24N2O3/c1-16-8-10-17(11-9-16)14-22-12-13-23(15-19(22)24)21(25)20(26-2)18-6-4-3-5-7-18/h3-11,20H,12-15H2,1-2H3/t20-/m1/s1. The van der Waals surface area contributed by atoms with Crippen LogP contribution in [-0.2, 0) is 20.9 Å². The third-order valence-corrected chi connectivity index (χ3v) is 4.69. The van der Waals surface area contributed by atoms with E-state index in [1.54, 1.807) is 9.80 Å². The maximum Gasteiger partial charge on any atom is 0.256 e. The second kappa shape index (κ2) is 8.15. The van der Waals surface area contributed by atoms with Gasteiger partial charge in [0.1, 0.15) is 0 Å². The maximum absolute atomic E-state index is 12.8. The Balaban J connectivity index is 1.63. The van der Waals surface area contributed by atoms with Gasteiger partial charge in [-0.25, -0.2) is 0 Å². The van der Waals surface area contributed by atoms with Crippen molar-refractivity contribution >= 4 is 11.8 Å². The van der Waals surface area contributed by atoms with Crippen molar-refractivity contribution in [3.63, 3.8) is 0 Å². The minimum atomic E-state index is -0.673. The Morgan fingerprint density at radius 2 is 1.77 bits per heavy atom. The Hall–Kier alpha value is -2.66. The first-order valence-corrected chi connectivity index (χ1v) is 8.78. The van der Waals surface area contributed by atoms with Gasteiger partial charge in [0, 0.05) is 26.7 Å². The molecule has 5 nitrogen and oxygen atoms in total. The van der Waals surface area contributed by atoms with E-state index in [4.69, 9.17) is 4.74 Å². The van der Waals surface area contributed by atoms with E-state index in [0.717, 1.165) is 11.1 Å². The molecule has 0 unspecified atom stereocenters. The lowest BCUT2D eigenvalue weighted by Gasteiger charge is -2.35. The molecule has 2 aromatic rings. The first kappa shape index (κ1) is 18.1. The molecule has 136 valence electrons. The van der Waals surface area contributed by atoms with Crippen LogP contribution >= 0.6 is 0 Å². The van der Waals surface area contributed by atoms with Gasteiger partial charge >= 0.3 is 0 Å². The molecule has 3 rings (SSSR count). The van der Waals surface area contributed by atoms with Crippen LogP contribution < -0.4 is 0 Å². The normalized spacial score (nSPS) is 15.8. The second-order valence-electron chi connectivity index (χ2n) is 6.59. The van der Waals surface area contributed by atoms with Crippen molar-refractivity contribution in [3.05, 3.63) is 71.3 Å². The molecular formula is C21H24N2O3. The van der Waals surface area contributed by atoms with Gasteiger partial charge in [-0.2, -0.15) is 0 Å². The summed E-state index contributed by atoms with van der Waals surface area (Å²) in [6.07, 6.45) is -0.673. The van der Waals surface area contributed by atoms with E-state index >= 15 is 0 Å². The summed E-state index contributed by atoms with van der Waals surface area (Å²) in [5, 5.41) is 0. The summed E-state index contributed by atoms with van der Waals surface area (Å²) in [4.78, 5) is 28.7. The van der Waals surface area contributed by atoms with E-state index < -0.39 is 6.10 Å². The number of carbonyl (C=O) groups is 2. The Bertz CT molecular complexity index is 759. The van der Waals surface area contributed by atoms with Gasteiger partial charge in [-0.3, -0.25) is 9.59 Å². The average molecular weight is 352 g/mol. The first-order valence-electron chi connectivity index (χ1n) is 8.78. The summed E-state index contributed by atoms with van der Waals surface area (Å²) in [6, 6.07) is 17.5. The molecule has 1 saturated heterocycles. The van der Waals surface area contributed by atoms with Crippen LogP contribution in [0.25, 0.3) is 0 Å². The zero-order valence-electron chi connectivity index (χ0n) is 15.2. The number of aryl methyl sites for hydroxylation is 1. The molecule has 1 aliphatic heterocycles. The Morgan fingerprint density at radius 1 is 1.08 bits per heavy atom. The first-order chi connectivity index (χ1) is 12.6. The zero-order valence-corrected chi connectivity index (χ0v) is 15.2. The average Bonchev–Trinajstić information content (AvgIpc) is 2.66. The Kier molecular flexibility index (Phi) is 5.68. The van der Waals surface area contributed by atoms with Crippen LogP contribution in [0.2, 0.25) is 0 Å². The van der Waals surface area contributed by atoms with Crippen LogP contribution in [-0.4, -0.2) is 48.4 Å². The lowest BCUT2D eigenvalue weighted by Crippen LogP contribution is -2.53. The number of amides is 2. The Labute approximate surface area is 154 Å². The van der Waals surface area contributed by atoms with Crippen molar-refractivity contribution in [2.75, 3.05) is 26.7 Å². The van der Waals surface area contributed by atoms with Gasteiger partial charge < -0.3 is 14.5 Å². The SMILES string of the molecule is CO[C@@H](C(=O)N1CCN(Cc2ccc(C)cc2)C(=O)C1)c1ccccc1. The maximum atomic E-state index is 12.8. The minimum Gasteiger partial charge on any atom is -0.367 e. The summed E-state index contributed by atoms with van der Waals surface area (Å²) >= 11 is 0. The second-order valence-corrected chi connectivity index (χ2v) is 6.59. The van der Waals surface area contributed by atoms with Crippen molar-refractivity contribution in [2.24, 2.45) is 0 Å². The molecule has 1 fully saturated rings. The monoisotopic (exact) mass is 352 g/mol. The molecule has 0 N–H and O–H groups in total. The lowest BCUT2D eigenvalue weighted by atomic mass is 10.1. The fourth-order valence-electron chi connectivity index (χ4n) is 3.15. The van der Waals surface area contributed by atoms with Crippen molar-refractivity contribution in [3.8, 4) is 0 Å². The van der Waals surface area contributed by atoms with E-state index in [2.05, 4.69) is 0 Å². The number of hydrogen-bond acceptors (Lipinski definition) is 3. The van der Waals surface area contributed by atoms with E-state index in [1.165, 1.54) is 12.7 Å². The van der Waals surface area contributed by atoms with Crippen molar-refractivity contribution in [2.45, 2.75) is 19.6 Å². The van der Waals surface area contributed by atoms with E-state index in [0.29, 0.717) is 19.6 Å². The van der Waals surface area contributed by atoms with Crippen LogP contribution in [0.15, 0.2) is 54.6 Å². The molecule has 1 heterocycles. The topological polar surface area (TPSA) is 49.9 Å². The minimum absolute atomic E-state index is 0.0342. The number of hydrogen-bond donors (Lipinski definition) is 0. The van der Waals surface area contributed by atoms with Gasteiger partial charge in [-0.15, -0.1) is 0 Å². The molecule has 1 aliphatic rings. The summed E-state index contributed by atoms with van der Waals surface area (Å²) in [7, 11) is 1.52. The molecule has 2 amide bonds. The van der Waals surface area contributed by atoms with Gasteiger partial charge in [0.25, 0.3) is 5.91 Å². The lowest BCUT2D eigenvalue weighted by molar-refractivity contribution is -0.152. The highest BCUT2D eigenvalue weighted by Crippen LogP contribution is 2.21. The largest absolute Gasteiger partial charge is 0.367 e. The number of benzene rings is 2. The third kappa shape index (κ3) is 4.11. The van der Waals surface area contributed by atoms with E-state index in [1.807, 2.05) is 61.5 Å². The van der Waals surface area contributed by atoms with Crippen LogP contribution in [0.3, 0.4) is 0 Å². The summed E-state index contributed by atoms with van der Waals surface area (Å²) in [6.45, 7) is 3.76. The highest BCUT2D eigenvalue weighted by atomic mass is 16.5. The summed E-state index contributed by atoms with van der Waals surface area (Å²) < 4.78 is 5.40. The van der Waals surface area contributed by atoms with Crippen molar-refractivity contribution in [1.29, 1.82) is 0 Å². The third-order valence-electron chi connectivity index (χ3n) is 4.69. The van der Waals surface area contributed by atoms with Gasteiger partial charge in [-0.05, 0) is 18.1 Å². The van der Waals surface area contributed by atoms with E-state index in [-0.39, 0.29) is 18.4 Å². The molecule has 0 radical (unpaired) electrons. The number of methoxy groups -OCH3 is 1. The number of ether oxygens (including phenoxy) is 1. The molecule has 0 saturated carbocycles. The molecule has 0 bridgehead atoms. The number of nitrogens with zero attached hydrogens (tertiary/aromatic N) is 2. The summed E-state index contributed by atoms with van der Waals surface area (Å²) in [5.41, 5.74) is 3.10. The molecule has 0 aliphatic carbocycles. The predicted octanol–water partition coefficient (Wildman–Crippen LogP) is 2.55. The smallest absolute Gasteiger partial charge is 0.256 e. The van der Waals surface area contributed by atoms with Crippen LogP contribution in [0, 0.1) is 6.92 Å². The van der Waals surface area contributed by atoms with Crippen LogP contribution in [0.5, 0.6) is 0 Å². The fraction of sp³-hybridized carbons (Fsp3) is 0.333. The van der Waals surface area contributed by atoms with Gasteiger partial charge in [0.05, 0.1) is 6.54 Å². The van der Waals surface area contributed by atoms with E-state index in [9.17, 15) is 9.59 Å². The van der Waals surface area contributed by atoms with Gasteiger partial charge in [0.2, 0.25) is 5.91 Å². The van der Waals surface area contributed by atoms with Gasteiger partial charge in [0.15, 0.2) is 6.10 Å². The van der Waals surface area contributed by atoms with Crippen LogP contribution in [0.4, 0.5) is 0 Å². The number of rotatable bonds is 5. The molecule has 2 aromatic carbocycles. The molecule has 0 aromatic heterocycles. The van der Waals surface area contributed by atoms with Crippen LogP contribution in [0.1, 0.15) is 22.8 Å². The van der Waals surface area contributed by atoms with Crippen molar-refractivity contribution in [1.82, 2.24) is 9.80 Å². The molecule has 0 spiro atoms. The Morgan fingerprint density at radius 3 is 2.38 bits per heavy atom. The zero-order chi connectivity index (χ0) is 18.5. The molecule has 5 heteroatoms. The predicted molar refractivity (Wildman–Crippen MR) is 99.4 cm³/mol.